The van der Waals surface area contributed by atoms with E-state index in [9.17, 15) is 0 Å². The van der Waals surface area contributed by atoms with Crippen LogP contribution >= 0.6 is 39.1 Å². The molecule has 0 heterocycles. The van der Waals surface area contributed by atoms with Crippen LogP contribution in [-0.4, -0.2) is 10.2 Å². The first-order valence-electron chi connectivity index (χ1n) is 3.95. The Morgan fingerprint density at radius 1 is 1.58 bits per heavy atom. The second-order valence-corrected chi connectivity index (χ2v) is 5.01. The molecule has 0 amide bonds. The fourth-order valence-corrected chi connectivity index (χ4v) is 2.27. The van der Waals surface area contributed by atoms with E-state index in [4.69, 9.17) is 23.2 Å². The van der Waals surface area contributed by atoms with Crippen LogP contribution in [0.5, 0.6) is 0 Å². The van der Waals surface area contributed by atoms with Gasteiger partial charge in [-0.1, -0.05) is 39.7 Å². The summed E-state index contributed by atoms with van der Waals surface area (Å²) in [6, 6.07) is 0. The van der Waals surface area contributed by atoms with Gasteiger partial charge in [-0.2, -0.15) is 0 Å². The van der Waals surface area contributed by atoms with E-state index in [1.165, 1.54) is 0 Å². The van der Waals surface area contributed by atoms with Crippen LogP contribution in [0.25, 0.3) is 0 Å². The van der Waals surface area contributed by atoms with Crippen molar-refractivity contribution in [3.8, 4) is 0 Å². The smallest absolute Gasteiger partial charge is 0.0678 e. The summed E-state index contributed by atoms with van der Waals surface area (Å²) in [5.74, 6) is 0. The van der Waals surface area contributed by atoms with Crippen molar-refractivity contribution < 1.29 is 0 Å². The molecular formula is C9H11BrCl2. The second kappa shape index (κ2) is 4.69. The summed E-state index contributed by atoms with van der Waals surface area (Å²) in [5.41, 5.74) is 0. The van der Waals surface area contributed by atoms with E-state index >= 15 is 0 Å². The third-order valence-electron chi connectivity index (χ3n) is 1.86. The Morgan fingerprint density at radius 2 is 2.33 bits per heavy atom. The van der Waals surface area contributed by atoms with Gasteiger partial charge in [0.15, 0.2) is 0 Å². The van der Waals surface area contributed by atoms with E-state index in [2.05, 4.69) is 15.9 Å². The molecule has 3 heteroatoms. The minimum atomic E-state index is -0.237. The van der Waals surface area contributed by atoms with Crippen LogP contribution in [-0.2, 0) is 0 Å². The van der Waals surface area contributed by atoms with E-state index in [1.54, 1.807) is 0 Å². The fraction of sp³-hybridized carbons (Fsp3) is 0.556. The largest absolute Gasteiger partial charge is 0.114 e. The predicted molar refractivity (Wildman–Crippen MR) is 59.3 cm³/mol. The molecule has 0 fully saturated rings. The minimum absolute atomic E-state index is 0.237. The van der Waals surface area contributed by atoms with Gasteiger partial charge in [0.1, 0.15) is 0 Å². The monoisotopic (exact) mass is 268 g/mol. The van der Waals surface area contributed by atoms with Crippen LogP contribution < -0.4 is 0 Å². The summed E-state index contributed by atoms with van der Waals surface area (Å²) in [6.45, 7) is 0. The lowest BCUT2D eigenvalue weighted by atomic mass is 9.95. The topological polar surface area (TPSA) is 0 Å². The van der Waals surface area contributed by atoms with Crippen LogP contribution in [0.15, 0.2) is 23.3 Å². The number of hydrogen-bond acceptors (Lipinski definition) is 0. The maximum Gasteiger partial charge on any atom is 0.0678 e. The van der Waals surface area contributed by atoms with Crippen LogP contribution in [0.1, 0.15) is 19.3 Å². The van der Waals surface area contributed by atoms with E-state index in [1.807, 2.05) is 18.2 Å². The molecule has 68 valence electrons. The molecule has 1 unspecified atom stereocenters. The van der Waals surface area contributed by atoms with E-state index in [0.717, 1.165) is 29.6 Å². The summed E-state index contributed by atoms with van der Waals surface area (Å²) in [4.78, 5) is -0.237. The van der Waals surface area contributed by atoms with Gasteiger partial charge < -0.3 is 0 Å². The average molecular weight is 270 g/mol. The molecule has 0 bridgehead atoms. The molecule has 0 saturated heterocycles. The summed E-state index contributed by atoms with van der Waals surface area (Å²) < 4.78 is 0. The van der Waals surface area contributed by atoms with Crippen molar-refractivity contribution in [1.82, 2.24) is 0 Å². The first-order valence-corrected chi connectivity index (χ1v) is 5.83. The zero-order valence-electron chi connectivity index (χ0n) is 6.69. The van der Waals surface area contributed by atoms with Crippen molar-refractivity contribution in [1.29, 1.82) is 0 Å². The summed E-state index contributed by atoms with van der Waals surface area (Å²) in [6.07, 6.45) is 8.68. The zero-order valence-corrected chi connectivity index (χ0v) is 9.79. The fourth-order valence-electron chi connectivity index (χ4n) is 1.26. The molecule has 0 aromatic rings. The van der Waals surface area contributed by atoms with Crippen molar-refractivity contribution in [2.75, 3.05) is 5.33 Å². The lowest BCUT2D eigenvalue weighted by molar-refractivity contribution is 0.621. The van der Waals surface area contributed by atoms with Crippen LogP contribution in [0.3, 0.4) is 0 Å². The molecule has 1 aliphatic rings. The summed E-state index contributed by atoms with van der Waals surface area (Å²) >= 11 is 15.6. The molecule has 0 aromatic heterocycles. The Bertz CT molecular complexity index is 211. The molecule has 0 radical (unpaired) electrons. The van der Waals surface area contributed by atoms with Gasteiger partial charge in [0.05, 0.1) is 4.87 Å². The summed E-state index contributed by atoms with van der Waals surface area (Å²) in [7, 11) is 0. The average Bonchev–Trinajstić information content (AvgIpc) is 2.01. The maximum atomic E-state index is 6.32. The Balaban J connectivity index is 2.51. The number of allylic oxidation sites excluding steroid dienone is 4. The van der Waals surface area contributed by atoms with Crippen LogP contribution in [0.4, 0.5) is 0 Å². The Hall–Kier alpha value is 0.540. The standard InChI is InChI=1S/C9H11BrCl2/c10-6-2-5-9(12)4-1-3-8(11)7-9/h1,3-4H,2,5-7H2. The van der Waals surface area contributed by atoms with Gasteiger partial charge in [-0.3, -0.25) is 0 Å². The van der Waals surface area contributed by atoms with E-state index in [-0.39, 0.29) is 4.87 Å². The molecule has 0 saturated carbocycles. The molecule has 0 nitrogen and oxygen atoms in total. The third-order valence-corrected chi connectivity index (χ3v) is 3.13. The normalized spacial score (nSPS) is 28.8. The van der Waals surface area contributed by atoms with Crippen LogP contribution in [0, 0.1) is 0 Å². The van der Waals surface area contributed by atoms with Crippen molar-refractivity contribution in [3.63, 3.8) is 0 Å². The van der Waals surface area contributed by atoms with Crippen molar-refractivity contribution in [2.24, 2.45) is 0 Å². The van der Waals surface area contributed by atoms with Crippen molar-refractivity contribution in [2.45, 2.75) is 24.1 Å². The lowest BCUT2D eigenvalue weighted by Gasteiger charge is -2.24. The lowest BCUT2D eigenvalue weighted by Crippen LogP contribution is -2.20. The highest BCUT2D eigenvalue weighted by Gasteiger charge is 2.25. The molecule has 12 heavy (non-hydrogen) atoms. The second-order valence-electron chi connectivity index (χ2n) is 2.98. The number of alkyl halides is 2. The first kappa shape index (κ1) is 10.6. The van der Waals surface area contributed by atoms with Gasteiger partial charge in [0.2, 0.25) is 0 Å². The SMILES string of the molecule is ClC1=CC=CC(Cl)(CCCBr)C1. The number of rotatable bonds is 3. The highest BCUT2D eigenvalue weighted by molar-refractivity contribution is 9.09. The highest BCUT2D eigenvalue weighted by atomic mass is 79.9. The van der Waals surface area contributed by atoms with Gasteiger partial charge in [-0.25, -0.2) is 0 Å². The molecule has 0 N–H and O–H groups in total. The van der Waals surface area contributed by atoms with Crippen molar-refractivity contribution >= 4 is 39.1 Å². The molecular weight excluding hydrogens is 259 g/mol. The van der Waals surface area contributed by atoms with E-state index < -0.39 is 0 Å². The molecule has 1 rings (SSSR count). The molecule has 1 atom stereocenters. The molecule has 0 aliphatic heterocycles. The highest BCUT2D eigenvalue weighted by Crippen LogP contribution is 2.35. The van der Waals surface area contributed by atoms with Crippen molar-refractivity contribution in [3.05, 3.63) is 23.3 Å². The number of halogens is 3. The molecule has 0 spiro atoms. The number of hydrogen-bond donors (Lipinski definition) is 0. The molecule has 0 aromatic carbocycles. The zero-order chi connectivity index (χ0) is 9.03. The van der Waals surface area contributed by atoms with Gasteiger partial charge in [0.25, 0.3) is 0 Å². The Morgan fingerprint density at radius 3 is 2.92 bits per heavy atom. The third kappa shape index (κ3) is 3.12. The van der Waals surface area contributed by atoms with Gasteiger partial charge >= 0.3 is 0 Å². The van der Waals surface area contributed by atoms with E-state index in [0.29, 0.717) is 0 Å². The van der Waals surface area contributed by atoms with Crippen LogP contribution in [0.2, 0.25) is 0 Å². The van der Waals surface area contributed by atoms with Gasteiger partial charge in [-0.05, 0) is 18.9 Å². The quantitative estimate of drug-likeness (QED) is 0.673. The summed E-state index contributed by atoms with van der Waals surface area (Å²) in [5, 5.41) is 1.85. The minimum Gasteiger partial charge on any atom is -0.114 e. The predicted octanol–water partition coefficient (Wildman–Crippen LogP) is 4.22. The van der Waals surface area contributed by atoms with Gasteiger partial charge in [-0.15, -0.1) is 11.6 Å². The first-order chi connectivity index (χ1) is 5.66. The Labute approximate surface area is 91.7 Å². The molecule has 1 aliphatic carbocycles. The maximum absolute atomic E-state index is 6.32. The Kier molecular flexibility index (Phi) is 4.15. The van der Waals surface area contributed by atoms with Gasteiger partial charge in [0, 0.05) is 16.8 Å².